The maximum atomic E-state index is 4.31. The van der Waals surface area contributed by atoms with Gasteiger partial charge in [0.05, 0.1) is 6.04 Å². The van der Waals surface area contributed by atoms with Crippen molar-refractivity contribution in [3.05, 3.63) is 28.5 Å². The van der Waals surface area contributed by atoms with E-state index in [0.717, 1.165) is 35.2 Å². The fourth-order valence-electron chi connectivity index (χ4n) is 1.73. The molecule has 0 amide bonds. The lowest BCUT2D eigenvalue weighted by Gasteiger charge is -2.15. The first-order chi connectivity index (χ1) is 9.22. The minimum atomic E-state index is 0.146. The van der Waals surface area contributed by atoms with Crippen LogP contribution in [0.1, 0.15) is 36.9 Å². The SMILES string of the molecule is CCCNc1ncnc(NC(C)c2nccs2)c1C. The van der Waals surface area contributed by atoms with Gasteiger partial charge in [-0.1, -0.05) is 6.92 Å². The van der Waals surface area contributed by atoms with Crippen LogP contribution in [0.5, 0.6) is 0 Å². The van der Waals surface area contributed by atoms with Gasteiger partial charge in [-0.25, -0.2) is 15.0 Å². The van der Waals surface area contributed by atoms with E-state index in [-0.39, 0.29) is 6.04 Å². The molecule has 2 heterocycles. The van der Waals surface area contributed by atoms with Crippen molar-refractivity contribution in [2.24, 2.45) is 0 Å². The molecule has 0 bridgehead atoms. The Labute approximate surface area is 117 Å². The minimum absolute atomic E-state index is 0.146. The molecular formula is C13H19N5S. The Bertz CT molecular complexity index is 512. The first-order valence-corrected chi connectivity index (χ1v) is 7.31. The van der Waals surface area contributed by atoms with E-state index in [2.05, 4.69) is 39.4 Å². The molecule has 1 atom stereocenters. The number of thiazole rings is 1. The standard InChI is InChI=1S/C13H19N5S/c1-4-5-14-11-9(2)12(17-8-16-11)18-10(3)13-15-6-7-19-13/h6-8,10H,4-5H2,1-3H3,(H2,14,16,17,18). The Hall–Kier alpha value is -1.69. The van der Waals surface area contributed by atoms with Crippen LogP contribution < -0.4 is 10.6 Å². The van der Waals surface area contributed by atoms with Crippen molar-refractivity contribution in [3.8, 4) is 0 Å². The van der Waals surface area contributed by atoms with Crippen LogP contribution >= 0.6 is 11.3 Å². The van der Waals surface area contributed by atoms with Crippen LogP contribution in [0.25, 0.3) is 0 Å². The van der Waals surface area contributed by atoms with E-state index in [1.807, 2.05) is 18.5 Å². The summed E-state index contributed by atoms with van der Waals surface area (Å²) in [4.78, 5) is 12.9. The molecule has 2 rings (SSSR count). The summed E-state index contributed by atoms with van der Waals surface area (Å²) in [6, 6.07) is 0.146. The highest BCUT2D eigenvalue weighted by Crippen LogP contribution is 2.24. The molecule has 0 saturated heterocycles. The van der Waals surface area contributed by atoms with Gasteiger partial charge >= 0.3 is 0 Å². The molecule has 0 aromatic carbocycles. The van der Waals surface area contributed by atoms with Crippen LogP contribution in [0.4, 0.5) is 11.6 Å². The molecule has 0 aliphatic rings. The Morgan fingerprint density at radius 1 is 1.26 bits per heavy atom. The molecule has 0 radical (unpaired) electrons. The zero-order valence-corrected chi connectivity index (χ0v) is 12.3. The molecule has 102 valence electrons. The van der Waals surface area contributed by atoms with Gasteiger partial charge in [-0.3, -0.25) is 0 Å². The van der Waals surface area contributed by atoms with E-state index < -0.39 is 0 Å². The average Bonchev–Trinajstić information content (AvgIpc) is 2.94. The first-order valence-electron chi connectivity index (χ1n) is 6.43. The summed E-state index contributed by atoms with van der Waals surface area (Å²) in [7, 11) is 0. The maximum Gasteiger partial charge on any atom is 0.134 e. The second-order valence-corrected chi connectivity index (χ2v) is 5.29. The molecule has 0 aliphatic carbocycles. The molecule has 2 aromatic heterocycles. The van der Waals surface area contributed by atoms with Crippen LogP contribution in [0.15, 0.2) is 17.9 Å². The lowest BCUT2D eigenvalue weighted by atomic mass is 10.2. The van der Waals surface area contributed by atoms with E-state index in [4.69, 9.17) is 0 Å². The van der Waals surface area contributed by atoms with Crippen molar-refractivity contribution in [1.29, 1.82) is 0 Å². The van der Waals surface area contributed by atoms with Gasteiger partial charge < -0.3 is 10.6 Å². The molecule has 1 unspecified atom stereocenters. The molecule has 19 heavy (non-hydrogen) atoms. The number of hydrogen-bond acceptors (Lipinski definition) is 6. The van der Waals surface area contributed by atoms with E-state index >= 15 is 0 Å². The Balaban J connectivity index is 2.12. The predicted molar refractivity (Wildman–Crippen MR) is 79.7 cm³/mol. The molecule has 0 aliphatic heterocycles. The van der Waals surface area contributed by atoms with Crippen molar-refractivity contribution in [1.82, 2.24) is 15.0 Å². The van der Waals surface area contributed by atoms with Gasteiger partial charge in [0.1, 0.15) is 23.0 Å². The van der Waals surface area contributed by atoms with Gasteiger partial charge in [-0.2, -0.15) is 0 Å². The van der Waals surface area contributed by atoms with Crippen molar-refractivity contribution in [2.75, 3.05) is 17.2 Å². The van der Waals surface area contributed by atoms with E-state index in [0.29, 0.717) is 0 Å². The zero-order valence-electron chi connectivity index (χ0n) is 11.5. The molecule has 2 N–H and O–H groups in total. The number of anilines is 2. The second kappa shape index (κ2) is 6.47. The van der Waals surface area contributed by atoms with Crippen molar-refractivity contribution < 1.29 is 0 Å². The van der Waals surface area contributed by atoms with Gasteiger partial charge in [0.25, 0.3) is 0 Å². The third-order valence-corrected chi connectivity index (χ3v) is 3.76. The van der Waals surface area contributed by atoms with Crippen LogP contribution in [0.3, 0.4) is 0 Å². The highest BCUT2D eigenvalue weighted by atomic mass is 32.1. The van der Waals surface area contributed by atoms with Crippen molar-refractivity contribution >= 4 is 23.0 Å². The summed E-state index contributed by atoms with van der Waals surface area (Å²) in [5.74, 6) is 1.75. The number of aromatic nitrogens is 3. The third-order valence-electron chi connectivity index (χ3n) is 2.80. The van der Waals surface area contributed by atoms with Gasteiger partial charge in [0.2, 0.25) is 0 Å². The third kappa shape index (κ3) is 3.41. The quantitative estimate of drug-likeness (QED) is 0.848. The lowest BCUT2D eigenvalue weighted by Crippen LogP contribution is -2.11. The smallest absolute Gasteiger partial charge is 0.134 e. The lowest BCUT2D eigenvalue weighted by molar-refractivity contribution is 0.854. The van der Waals surface area contributed by atoms with Crippen LogP contribution in [0, 0.1) is 6.92 Å². The van der Waals surface area contributed by atoms with E-state index in [1.54, 1.807) is 17.7 Å². The molecule has 2 aromatic rings. The maximum absolute atomic E-state index is 4.31. The summed E-state index contributed by atoms with van der Waals surface area (Å²) in [5, 5.41) is 9.73. The van der Waals surface area contributed by atoms with Crippen LogP contribution in [0.2, 0.25) is 0 Å². The zero-order chi connectivity index (χ0) is 13.7. The summed E-state index contributed by atoms with van der Waals surface area (Å²) in [5.41, 5.74) is 1.04. The van der Waals surface area contributed by atoms with Crippen molar-refractivity contribution in [2.45, 2.75) is 33.2 Å². The molecule has 0 spiro atoms. The Morgan fingerprint density at radius 3 is 2.74 bits per heavy atom. The predicted octanol–water partition coefficient (Wildman–Crippen LogP) is 3.24. The number of nitrogens with zero attached hydrogens (tertiary/aromatic N) is 3. The number of hydrogen-bond donors (Lipinski definition) is 2. The molecular weight excluding hydrogens is 258 g/mol. The Kier molecular flexibility index (Phi) is 4.68. The molecule has 5 nitrogen and oxygen atoms in total. The number of nitrogens with one attached hydrogen (secondary N) is 2. The largest absolute Gasteiger partial charge is 0.370 e. The average molecular weight is 277 g/mol. The summed E-state index contributed by atoms with van der Waals surface area (Å²) in [6.07, 6.45) is 4.48. The van der Waals surface area contributed by atoms with Gasteiger partial charge in [-0.05, 0) is 20.3 Å². The van der Waals surface area contributed by atoms with E-state index in [1.165, 1.54) is 0 Å². The fourth-order valence-corrected chi connectivity index (χ4v) is 2.38. The van der Waals surface area contributed by atoms with Crippen LogP contribution in [-0.2, 0) is 0 Å². The summed E-state index contributed by atoms with van der Waals surface area (Å²) < 4.78 is 0. The molecule has 6 heteroatoms. The minimum Gasteiger partial charge on any atom is -0.370 e. The summed E-state index contributed by atoms with van der Waals surface area (Å²) in [6.45, 7) is 7.15. The van der Waals surface area contributed by atoms with Gasteiger partial charge in [-0.15, -0.1) is 11.3 Å². The Morgan fingerprint density at radius 2 is 2.05 bits per heavy atom. The fraction of sp³-hybridized carbons (Fsp3) is 0.462. The van der Waals surface area contributed by atoms with E-state index in [9.17, 15) is 0 Å². The molecule has 0 saturated carbocycles. The first kappa shape index (κ1) is 13.7. The van der Waals surface area contributed by atoms with Gasteiger partial charge in [0, 0.05) is 23.7 Å². The van der Waals surface area contributed by atoms with Crippen molar-refractivity contribution in [3.63, 3.8) is 0 Å². The summed E-state index contributed by atoms with van der Waals surface area (Å²) >= 11 is 1.64. The number of rotatable bonds is 6. The highest BCUT2D eigenvalue weighted by Gasteiger charge is 2.12. The molecule has 0 fully saturated rings. The highest BCUT2D eigenvalue weighted by molar-refractivity contribution is 7.09. The monoisotopic (exact) mass is 277 g/mol. The normalized spacial score (nSPS) is 12.2. The van der Waals surface area contributed by atoms with Crippen LogP contribution in [-0.4, -0.2) is 21.5 Å². The topological polar surface area (TPSA) is 62.7 Å². The van der Waals surface area contributed by atoms with Gasteiger partial charge in [0.15, 0.2) is 0 Å². The second-order valence-electron chi connectivity index (χ2n) is 4.36.